The van der Waals surface area contributed by atoms with E-state index < -0.39 is 17.8 Å². The molecule has 3 N–H and O–H groups in total. The number of rotatable bonds is 4. The molecule has 0 amide bonds. The Morgan fingerprint density at radius 3 is 1.96 bits per heavy atom. The highest BCUT2D eigenvalue weighted by Gasteiger charge is 2.37. The Bertz CT molecular complexity index is 719. The number of carbonyl (C=O) groups is 2. The molecule has 0 bridgehead atoms. The van der Waals surface area contributed by atoms with Crippen LogP contribution in [-0.4, -0.2) is 16.9 Å². The molecule has 0 aromatic heterocycles. The highest BCUT2D eigenvalue weighted by Crippen LogP contribution is 2.34. The van der Waals surface area contributed by atoms with Crippen molar-refractivity contribution >= 4 is 17.4 Å². The minimum Gasteiger partial charge on any atom is -0.481 e. The number of carboxylic acids is 1. The van der Waals surface area contributed by atoms with Gasteiger partial charge in [-0.3, -0.25) is 9.59 Å². The molecule has 1 unspecified atom stereocenters. The van der Waals surface area contributed by atoms with Gasteiger partial charge in [-0.1, -0.05) is 42.8 Å². The van der Waals surface area contributed by atoms with E-state index in [0.29, 0.717) is 24.1 Å². The molecule has 2 aromatic carbocycles. The van der Waals surface area contributed by atoms with Gasteiger partial charge in [0.2, 0.25) is 0 Å². The fourth-order valence-electron chi connectivity index (χ4n) is 3.29. The summed E-state index contributed by atoms with van der Waals surface area (Å²) in [6.45, 7) is 0. The topological polar surface area (TPSA) is 80.4 Å². The fourth-order valence-corrected chi connectivity index (χ4v) is 3.29. The third-order valence-corrected chi connectivity index (χ3v) is 4.58. The predicted octanol–water partition coefficient (Wildman–Crippen LogP) is 3.62. The molecule has 0 heterocycles. The molecule has 1 saturated carbocycles. The number of hydrogen-bond donors (Lipinski definition) is 2. The molecule has 2 aromatic rings. The minimum absolute atomic E-state index is 0.0567. The van der Waals surface area contributed by atoms with Crippen LogP contribution in [0.4, 0.5) is 5.69 Å². The first kappa shape index (κ1) is 15.3. The lowest BCUT2D eigenvalue weighted by atomic mass is 9.88. The average Bonchev–Trinajstić information content (AvgIpc) is 3.05. The van der Waals surface area contributed by atoms with E-state index >= 15 is 0 Å². The van der Waals surface area contributed by atoms with Crippen LogP contribution in [0, 0.1) is 11.8 Å². The van der Waals surface area contributed by atoms with Gasteiger partial charge in [0.05, 0.1) is 5.92 Å². The van der Waals surface area contributed by atoms with Crippen molar-refractivity contribution < 1.29 is 14.7 Å². The highest BCUT2D eigenvalue weighted by molar-refractivity contribution is 6.00. The monoisotopic (exact) mass is 309 g/mol. The van der Waals surface area contributed by atoms with Crippen molar-refractivity contribution in [3.63, 3.8) is 0 Å². The second-order valence-electron chi connectivity index (χ2n) is 6.05. The second-order valence-corrected chi connectivity index (χ2v) is 6.05. The van der Waals surface area contributed by atoms with E-state index in [1.807, 2.05) is 36.4 Å². The average molecular weight is 309 g/mol. The summed E-state index contributed by atoms with van der Waals surface area (Å²) in [5, 5.41) is 9.23. The van der Waals surface area contributed by atoms with E-state index in [2.05, 4.69) is 0 Å². The third kappa shape index (κ3) is 3.11. The maximum Gasteiger partial charge on any atom is 0.307 e. The number of nitrogen functional groups attached to an aromatic ring is 1. The van der Waals surface area contributed by atoms with Crippen LogP contribution >= 0.6 is 0 Å². The van der Waals surface area contributed by atoms with Gasteiger partial charge in [0, 0.05) is 17.2 Å². The van der Waals surface area contributed by atoms with Crippen molar-refractivity contribution in [2.75, 3.05) is 5.73 Å². The normalized spacial score (nSPS) is 20.3. The number of hydrogen-bond acceptors (Lipinski definition) is 3. The number of Topliss-reactive ketones (excluding diaryl/α,β-unsaturated/α-hetero) is 1. The summed E-state index contributed by atoms with van der Waals surface area (Å²) in [7, 11) is 0. The third-order valence-electron chi connectivity index (χ3n) is 4.58. The van der Waals surface area contributed by atoms with Gasteiger partial charge >= 0.3 is 5.97 Å². The Labute approximate surface area is 134 Å². The van der Waals surface area contributed by atoms with E-state index in [1.54, 1.807) is 12.1 Å². The fraction of sp³-hybridized carbons (Fsp3) is 0.263. The van der Waals surface area contributed by atoms with Gasteiger partial charge in [-0.2, -0.15) is 0 Å². The van der Waals surface area contributed by atoms with E-state index in [-0.39, 0.29) is 5.78 Å². The van der Waals surface area contributed by atoms with Crippen LogP contribution in [0.1, 0.15) is 29.6 Å². The lowest BCUT2D eigenvalue weighted by Gasteiger charge is -2.14. The van der Waals surface area contributed by atoms with Crippen molar-refractivity contribution in [1.82, 2.24) is 0 Å². The van der Waals surface area contributed by atoms with Crippen LogP contribution in [0.15, 0.2) is 48.5 Å². The van der Waals surface area contributed by atoms with Crippen molar-refractivity contribution in [3.8, 4) is 11.1 Å². The molecule has 0 aliphatic heterocycles. The molecule has 4 nitrogen and oxygen atoms in total. The zero-order valence-corrected chi connectivity index (χ0v) is 12.7. The molecule has 2 atom stereocenters. The molecule has 23 heavy (non-hydrogen) atoms. The van der Waals surface area contributed by atoms with Gasteiger partial charge in [0.1, 0.15) is 0 Å². The number of benzene rings is 2. The van der Waals surface area contributed by atoms with Crippen molar-refractivity contribution in [2.24, 2.45) is 11.8 Å². The maximum atomic E-state index is 12.6. The Hall–Kier alpha value is -2.62. The molecule has 1 aliphatic carbocycles. The lowest BCUT2D eigenvalue weighted by Crippen LogP contribution is -2.25. The summed E-state index contributed by atoms with van der Waals surface area (Å²) in [5.74, 6) is -1.85. The Kier molecular flexibility index (Phi) is 4.15. The van der Waals surface area contributed by atoms with Crippen molar-refractivity contribution in [1.29, 1.82) is 0 Å². The summed E-state index contributed by atoms with van der Waals surface area (Å²) in [4.78, 5) is 23.8. The molecule has 1 fully saturated rings. The van der Waals surface area contributed by atoms with Crippen LogP contribution in [0.5, 0.6) is 0 Å². The molecular formula is C19H19NO3. The van der Waals surface area contributed by atoms with Crippen LogP contribution in [0.25, 0.3) is 11.1 Å². The van der Waals surface area contributed by atoms with Gasteiger partial charge in [-0.05, 0) is 36.1 Å². The predicted molar refractivity (Wildman–Crippen MR) is 89.1 cm³/mol. The lowest BCUT2D eigenvalue weighted by molar-refractivity contribution is -0.142. The molecular weight excluding hydrogens is 290 g/mol. The summed E-state index contributed by atoms with van der Waals surface area (Å²) < 4.78 is 0. The molecule has 4 heteroatoms. The number of nitrogens with two attached hydrogens (primary N) is 1. The van der Waals surface area contributed by atoms with Crippen molar-refractivity contribution in [3.05, 3.63) is 54.1 Å². The number of aliphatic carboxylic acids is 1. The van der Waals surface area contributed by atoms with Gasteiger partial charge in [-0.15, -0.1) is 0 Å². The summed E-state index contributed by atoms with van der Waals surface area (Å²) in [6.07, 6.45) is 2.06. The van der Waals surface area contributed by atoms with Crippen LogP contribution in [0.2, 0.25) is 0 Å². The Morgan fingerprint density at radius 2 is 1.39 bits per heavy atom. The number of anilines is 1. The van der Waals surface area contributed by atoms with E-state index in [4.69, 9.17) is 5.73 Å². The van der Waals surface area contributed by atoms with E-state index in [0.717, 1.165) is 17.5 Å². The summed E-state index contributed by atoms with van der Waals surface area (Å²) >= 11 is 0. The second kappa shape index (κ2) is 6.24. The molecule has 1 aliphatic rings. The van der Waals surface area contributed by atoms with E-state index in [9.17, 15) is 14.7 Å². The summed E-state index contributed by atoms with van der Waals surface area (Å²) in [5.41, 5.74) is 9.01. The van der Waals surface area contributed by atoms with Crippen LogP contribution in [0.3, 0.4) is 0 Å². The zero-order valence-electron chi connectivity index (χ0n) is 12.7. The van der Waals surface area contributed by atoms with Crippen LogP contribution in [-0.2, 0) is 4.79 Å². The minimum atomic E-state index is -0.862. The number of ketones is 1. The quantitative estimate of drug-likeness (QED) is 0.667. The molecule has 0 spiro atoms. The summed E-state index contributed by atoms with van der Waals surface area (Å²) in [6, 6.07) is 14.9. The molecule has 0 radical (unpaired) electrons. The first-order chi connectivity index (χ1) is 11.1. The van der Waals surface area contributed by atoms with Gasteiger partial charge in [0.25, 0.3) is 0 Å². The first-order valence-electron chi connectivity index (χ1n) is 7.79. The molecule has 118 valence electrons. The van der Waals surface area contributed by atoms with Gasteiger partial charge < -0.3 is 10.8 Å². The van der Waals surface area contributed by atoms with Crippen molar-refractivity contribution in [2.45, 2.75) is 19.3 Å². The highest BCUT2D eigenvalue weighted by atomic mass is 16.4. The van der Waals surface area contributed by atoms with Gasteiger partial charge in [0.15, 0.2) is 5.78 Å². The molecule has 0 saturated heterocycles. The Morgan fingerprint density at radius 1 is 0.870 bits per heavy atom. The van der Waals surface area contributed by atoms with Gasteiger partial charge in [-0.25, -0.2) is 0 Å². The molecule has 3 rings (SSSR count). The van der Waals surface area contributed by atoms with Crippen LogP contribution < -0.4 is 5.73 Å². The number of carboxylic acid groups (broad SMARTS) is 1. The standard InChI is InChI=1S/C19H19NO3/c20-15-10-8-13(9-11-15)12-4-6-14(7-5-12)18(21)16-2-1-3-17(16)19(22)23/h4-11,16-17H,1-3,20H2,(H,22,23)/t16?,17-/m1/s1. The first-order valence-corrected chi connectivity index (χ1v) is 7.79. The number of carbonyl (C=O) groups excluding carboxylic acids is 1. The van der Waals surface area contributed by atoms with E-state index in [1.165, 1.54) is 0 Å². The smallest absolute Gasteiger partial charge is 0.307 e. The SMILES string of the molecule is Nc1ccc(-c2ccc(C(=O)C3CCC[C@H]3C(=O)O)cc2)cc1. The Balaban J connectivity index is 1.80. The maximum absolute atomic E-state index is 12.6. The zero-order chi connectivity index (χ0) is 16.4. The largest absolute Gasteiger partial charge is 0.481 e.